The van der Waals surface area contributed by atoms with E-state index in [0.29, 0.717) is 25.4 Å². The van der Waals surface area contributed by atoms with Crippen molar-refractivity contribution in [3.8, 4) is 0 Å². The van der Waals surface area contributed by atoms with E-state index in [0.717, 1.165) is 12.0 Å². The van der Waals surface area contributed by atoms with E-state index in [1.54, 1.807) is 0 Å². The molecule has 0 radical (unpaired) electrons. The molecule has 0 saturated heterocycles. The summed E-state index contributed by atoms with van der Waals surface area (Å²) in [7, 11) is 0. The number of rotatable bonds is 6. The van der Waals surface area contributed by atoms with Crippen LogP contribution in [0.3, 0.4) is 0 Å². The highest BCUT2D eigenvalue weighted by Gasteiger charge is 2.05. The van der Waals surface area contributed by atoms with E-state index in [4.69, 9.17) is 5.73 Å². The van der Waals surface area contributed by atoms with Crippen LogP contribution in [0.15, 0.2) is 24.3 Å². The van der Waals surface area contributed by atoms with Crippen LogP contribution >= 0.6 is 0 Å². The SMILES string of the molecule is CCc1ccc(CC(=O)NCC(C)CN)cc1. The maximum absolute atomic E-state index is 11.6. The van der Waals surface area contributed by atoms with Gasteiger partial charge in [-0.3, -0.25) is 4.79 Å². The van der Waals surface area contributed by atoms with Crippen LogP contribution in [0, 0.1) is 5.92 Å². The molecule has 17 heavy (non-hydrogen) atoms. The lowest BCUT2D eigenvalue weighted by Gasteiger charge is -2.10. The summed E-state index contributed by atoms with van der Waals surface area (Å²) < 4.78 is 0. The van der Waals surface area contributed by atoms with Crippen molar-refractivity contribution >= 4 is 5.91 Å². The van der Waals surface area contributed by atoms with Crippen molar-refractivity contribution in [1.82, 2.24) is 5.32 Å². The Morgan fingerprint density at radius 2 is 1.88 bits per heavy atom. The summed E-state index contributed by atoms with van der Waals surface area (Å²) in [5, 5.41) is 2.89. The molecule has 0 saturated carbocycles. The van der Waals surface area contributed by atoms with Crippen LogP contribution in [0.1, 0.15) is 25.0 Å². The van der Waals surface area contributed by atoms with Gasteiger partial charge in [-0.25, -0.2) is 0 Å². The Morgan fingerprint density at radius 1 is 1.29 bits per heavy atom. The first-order valence-corrected chi connectivity index (χ1v) is 6.20. The lowest BCUT2D eigenvalue weighted by Crippen LogP contribution is -2.32. The van der Waals surface area contributed by atoms with E-state index in [-0.39, 0.29) is 5.91 Å². The van der Waals surface area contributed by atoms with Crippen molar-refractivity contribution in [2.45, 2.75) is 26.7 Å². The van der Waals surface area contributed by atoms with E-state index in [1.807, 2.05) is 19.1 Å². The van der Waals surface area contributed by atoms with Crippen molar-refractivity contribution in [3.63, 3.8) is 0 Å². The summed E-state index contributed by atoms with van der Waals surface area (Å²) in [4.78, 5) is 11.6. The van der Waals surface area contributed by atoms with Crippen molar-refractivity contribution in [3.05, 3.63) is 35.4 Å². The predicted octanol–water partition coefficient (Wildman–Crippen LogP) is 1.50. The fraction of sp³-hybridized carbons (Fsp3) is 0.500. The first-order valence-electron chi connectivity index (χ1n) is 6.20. The molecule has 1 unspecified atom stereocenters. The van der Waals surface area contributed by atoms with E-state index in [2.05, 4.69) is 24.4 Å². The molecule has 0 fully saturated rings. The monoisotopic (exact) mass is 234 g/mol. The number of benzene rings is 1. The number of hydrogen-bond donors (Lipinski definition) is 2. The number of hydrogen-bond acceptors (Lipinski definition) is 2. The summed E-state index contributed by atoms with van der Waals surface area (Å²) in [6.07, 6.45) is 1.47. The zero-order valence-electron chi connectivity index (χ0n) is 10.7. The molecule has 1 aromatic carbocycles. The third kappa shape index (κ3) is 5.00. The first kappa shape index (κ1) is 13.7. The molecule has 0 aromatic heterocycles. The third-order valence-corrected chi connectivity index (χ3v) is 2.85. The van der Waals surface area contributed by atoms with Gasteiger partial charge in [-0.15, -0.1) is 0 Å². The Kier molecular flexibility index (Phi) is 5.70. The van der Waals surface area contributed by atoms with E-state index < -0.39 is 0 Å². The standard InChI is InChI=1S/C14H22N2O/c1-3-12-4-6-13(7-5-12)8-14(17)16-10-11(2)9-15/h4-7,11H,3,8-10,15H2,1-2H3,(H,16,17). The highest BCUT2D eigenvalue weighted by atomic mass is 16.1. The summed E-state index contributed by atoms with van der Waals surface area (Å²) in [6, 6.07) is 8.19. The minimum absolute atomic E-state index is 0.0644. The van der Waals surface area contributed by atoms with Gasteiger partial charge in [0.05, 0.1) is 6.42 Å². The second-order valence-electron chi connectivity index (χ2n) is 4.49. The Hall–Kier alpha value is -1.35. The Balaban J connectivity index is 2.39. The molecule has 0 aliphatic heterocycles. The quantitative estimate of drug-likeness (QED) is 0.783. The molecule has 1 aromatic rings. The minimum Gasteiger partial charge on any atom is -0.356 e. The lowest BCUT2D eigenvalue weighted by atomic mass is 10.1. The number of aryl methyl sites for hydroxylation is 1. The average molecular weight is 234 g/mol. The Bertz CT molecular complexity index is 346. The molecule has 3 N–H and O–H groups in total. The summed E-state index contributed by atoms with van der Waals surface area (Å²) >= 11 is 0. The topological polar surface area (TPSA) is 55.1 Å². The molecule has 3 nitrogen and oxygen atoms in total. The van der Waals surface area contributed by atoms with E-state index in [1.165, 1.54) is 5.56 Å². The molecule has 0 spiro atoms. The van der Waals surface area contributed by atoms with Gasteiger partial charge in [-0.05, 0) is 30.0 Å². The zero-order chi connectivity index (χ0) is 12.7. The number of nitrogens with two attached hydrogens (primary N) is 1. The molecule has 3 heteroatoms. The molecule has 1 atom stereocenters. The predicted molar refractivity (Wildman–Crippen MR) is 70.8 cm³/mol. The molecular formula is C14H22N2O. The van der Waals surface area contributed by atoms with Gasteiger partial charge in [-0.1, -0.05) is 38.1 Å². The molecule has 0 aliphatic rings. The fourth-order valence-corrected chi connectivity index (χ4v) is 1.51. The van der Waals surface area contributed by atoms with Crippen molar-refractivity contribution in [2.75, 3.05) is 13.1 Å². The summed E-state index contributed by atoms with van der Waals surface area (Å²) in [5.74, 6) is 0.399. The van der Waals surface area contributed by atoms with Gasteiger partial charge in [0.15, 0.2) is 0 Å². The minimum atomic E-state index is 0.0644. The second-order valence-corrected chi connectivity index (χ2v) is 4.49. The van der Waals surface area contributed by atoms with Crippen LogP contribution in [0.25, 0.3) is 0 Å². The molecule has 0 heterocycles. The second kappa shape index (κ2) is 7.07. The Labute approximate surface area is 103 Å². The maximum Gasteiger partial charge on any atom is 0.224 e. The van der Waals surface area contributed by atoms with Gasteiger partial charge in [0.1, 0.15) is 0 Å². The number of carbonyl (C=O) groups is 1. The van der Waals surface area contributed by atoms with Gasteiger partial charge in [0.25, 0.3) is 0 Å². The molecule has 1 rings (SSSR count). The molecule has 94 valence electrons. The van der Waals surface area contributed by atoms with Crippen LogP contribution < -0.4 is 11.1 Å². The maximum atomic E-state index is 11.6. The normalized spacial score (nSPS) is 12.2. The highest BCUT2D eigenvalue weighted by molar-refractivity contribution is 5.78. The van der Waals surface area contributed by atoms with Crippen LogP contribution in [0.4, 0.5) is 0 Å². The van der Waals surface area contributed by atoms with Gasteiger partial charge in [0.2, 0.25) is 5.91 Å². The van der Waals surface area contributed by atoms with Crippen molar-refractivity contribution < 1.29 is 4.79 Å². The summed E-state index contributed by atoms with van der Waals surface area (Å²) in [5.41, 5.74) is 7.84. The Morgan fingerprint density at radius 3 is 2.41 bits per heavy atom. The van der Waals surface area contributed by atoms with Gasteiger partial charge < -0.3 is 11.1 Å². The van der Waals surface area contributed by atoms with Gasteiger partial charge >= 0.3 is 0 Å². The molecule has 0 bridgehead atoms. The van der Waals surface area contributed by atoms with Crippen LogP contribution in [0.2, 0.25) is 0 Å². The zero-order valence-corrected chi connectivity index (χ0v) is 10.7. The molecule has 1 amide bonds. The highest BCUT2D eigenvalue weighted by Crippen LogP contribution is 2.05. The number of amides is 1. The average Bonchev–Trinajstić information content (AvgIpc) is 2.36. The van der Waals surface area contributed by atoms with Crippen LogP contribution in [-0.4, -0.2) is 19.0 Å². The van der Waals surface area contributed by atoms with Gasteiger partial charge in [-0.2, -0.15) is 0 Å². The molecular weight excluding hydrogens is 212 g/mol. The first-order chi connectivity index (χ1) is 8.15. The number of nitrogens with one attached hydrogen (secondary N) is 1. The van der Waals surface area contributed by atoms with E-state index in [9.17, 15) is 4.79 Å². The van der Waals surface area contributed by atoms with Crippen molar-refractivity contribution in [1.29, 1.82) is 0 Å². The summed E-state index contributed by atoms with van der Waals surface area (Å²) in [6.45, 7) is 5.40. The molecule has 0 aliphatic carbocycles. The fourth-order valence-electron chi connectivity index (χ4n) is 1.51. The van der Waals surface area contributed by atoms with Crippen LogP contribution in [0.5, 0.6) is 0 Å². The largest absolute Gasteiger partial charge is 0.356 e. The van der Waals surface area contributed by atoms with Crippen molar-refractivity contribution in [2.24, 2.45) is 11.7 Å². The van der Waals surface area contributed by atoms with E-state index >= 15 is 0 Å². The smallest absolute Gasteiger partial charge is 0.224 e. The third-order valence-electron chi connectivity index (χ3n) is 2.85. The van der Waals surface area contributed by atoms with Crippen LogP contribution in [-0.2, 0) is 17.6 Å². The number of carbonyl (C=O) groups excluding carboxylic acids is 1. The van der Waals surface area contributed by atoms with Gasteiger partial charge in [0, 0.05) is 6.54 Å². The lowest BCUT2D eigenvalue weighted by molar-refractivity contribution is -0.120.